The van der Waals surface area contributed by atoms with Gasteiger partial charge in [0.25, 0.3) is 0 Å². The molecule has 4 nitrogen and oxygen atoms in total. The molecule has 0 bridgehead atoms. The molecule has 19 heavy (non-hydrogen) atoms. The lowest BCUT2D eigenvalue weighted by Gasteiger charge is -2.23. The number of nitrogens with zero attached hydrogens (tertiary/aromatic N) is 2. The van der Waals surface area contributed by atoms with Crippen molar-refractivity contribution in [1.82, 2.24) is 9.80 Å². The third-order valence-corrected chi connectivity index (χ3v) is 4.99. The van der Waals surface area contributed by atoms with Gasteiger partial charge >= 0.3 is 0 Å². The lowest BCUT2D eigenvalue weighted by molar-refractivity contribution is -0.132. The molecule has 1 aromatic heterocycles. The summed E-state index contributed by atoms with van der Waals surface area (Å²) in [6.07, 6.45) is 0.997. The van der Waals surface area contributed by atoms with Crippen LogP contribution in [0.25, 0.3) is 0 Å². The van der Waals surface area contributed by atoms with Crippen molar-refractivity contribution < 1.29 is 4.79 Å². The number of hydrogen-bond donors (Lipinski definition) is 1. The van der Waals surface area contributed by atoms with E-state index in [4.69, 9.17) is 5.73 Å². The van der Waals surface area contributed by atoms with Crippen LogP contribution in [0.3, 0.4) is 0 Å². The van der Waals surface area contributed by atoms with Crippen LogP contribution in [0.2, 0.25) is 0 Å². The van der Waals surface area contributed by atoms with Crippen molar-refractivity contribution in [2.75, 3.05) is 26.2 Å². The van der Waals surface area contributed by atoms with Crippen LogP contribution >= 0.6 is 27.3 Å². The van der Waals surface area contributed by atoms with Gasteiger partial charge in [-0.3, -0.25) is 9.69 Å². The highest BCUT2D eigenvalue weighted by Gasteiger charge is 2.23. The third-order valence-electron chi connectivity index (χ3n) is 3.38. The van der Waals surface area contributed by atoms with Gasteiger partial charge in [0.15, 0.2) is 0 Å². The Bertz CT molecular complexity index is 437. The monoisotopic (exact) mass is 345 g/mol. The summed E-state index contributed by atoms with van der Waals surface area (Å²) in [6.45, 7) is 5.74. The summed E-state index contributed by atoms with van der Waals surface area (Å²) in [5.41, 5.74) is 5.87. The second kappa shape index (κ2) is 6.83. The van der Waals surface area contributed by atoms with Crippen molar-refractivity contribution in [3.63, 3.8) is 0 Å². The van der Waals surface area contributed by atoms with Gasteiger partial charge in [-0.05, 0) is 41.4 Å². The smallest absolute Gasteiger partial charge is 0.237 e. The first-order valence-electron chi connectivity index (χ1n) is 6.58. The number of hydrogen-bond acceptors (Lipinski definition) is 4. The van der Waals surface area contributed by atoms with Crippen LogP contribution in [-0.2, 0) is 11.3 Å². The Morgan fingerprint density at radius 1 is 1.63 bits per heavy atom. The van der Waals surface area contributed by atoms with Gasteiger partial charge in [-0.15, -0.1) is 11.3 Å². The van der Waals surface area contributed by atoms with Crippen molar-refractivity contribution >= 4 is 33.2 Å². The van der Waals surface area contributed by atoms with E-state index in [-0.39, 0.29) is 11.9 Å². The number of rotatable bonds is 5. The summed E-state index contributed by atoms with van der Waals surface area (Å²) >= 11 is 5.13. The minimum atomic E-state index is 0.195. The van der Waals surface area contributed by atoms with Crippen LogP contribution in [0.1, 0.15) is 18.2 Å². The number of carbonyl (C=O) groups excluding carboxylic acids is 1. The fraction of sp³-hybridized carbons (Fsp3) is 0.615. The van der Waals surface area contributed by atoms with Crippen LogP contribution in [0.5, 0.6) is 0 Å². The quantitative estimate of drug-likeness (QED) is 0.886. The third kappa shape index (κ3) is 4.27. The van der Waals surface area contributed by atoms with Gasteiger partial charge in [-0.2, -0.15) is 0 Å². The van der Waals surface area contributed by atoms with E-state index in [2.05, 4.69) is 26.9 Å². The molecule has 1 aliphatic heterocycles. The first-order chi connectivity index (χ1) is 9.08. The Balaban J connectivity index is 1.88. The fourth-order valence-electron chi connectivity index (χ4n) is 2.30. The highest BCUT2D eigenvalue weighted by Crippen LogP contribution is 2.23. The lowest BCUT2D eigenvalue weighted by Crippen LogP contribution is -2.39. The minimum absolute atomic E-state index is 0.195. The Kier molecular flexibility index (Phi) is 5.38. The second-order valence-corrected chi connectivity index (χ2v) is 7.45. The average Bonchev–Trinajstić information content (AvgIpc) is 2.95. The predicted octanol–water partition coefficient (Wildman–Crippen LogP) is 1.89. The first kappa shape index (κ1) is 15.0. The number of carbonyl (C=O) groups is 1. The molecule has 1 fully saturated rings. The maximum absolute atomic E-state index is 12.3. The van der Waals surface area contributed by atoms with Gasteiger partial charge in [0.1, 0.15) is 0 Å². The summed E-state index contributed by atoms with van der Waals surface area (Å²) in [6, 6.07) is 4.32. The largest absolute Gasteiger partial charge is 0.337 e. The standard InChI is InChI=1S/C13H20BrN3OS/c1-2-17(8-11-3-4-12(14)19-11)13(18)9-16-6-5-10(15)7-16/h3-4,10H,2,5-9,15H2,1H3/t10-/m0/s1. The number of likely N-dealkylation sites (N-methyl/N-ethyl adjacent to an activating group) is 1. The van der Waals surface area contributed by atoms with Gasteiger partial charge in [-0.25, -0.2) is 0 Å². The molecule has 0 radical (unpaired) electrons. The van der Waals surface area contributed by atoms with Gasteiger partial charge in [-0.1, -0.05) is 0 Å². The van der Waals surface area contributed by atoms with E-state index in [0.29, 0.717) is 13.1 Å². The molecule has 1 atom stereocenters. The molecule has 1 aliphatic rings. The summed E-state index contributed by atoms with van der Waals surface area (Å²) in [7, 11) is 0. The van der Waals surface area contributed by atoms with E-state index in [1.54, 1.807) is 11.3 Å². The van der Waals surface area contributed by atoms with Crippen molar-refractivity contribution in [3.05, 3.63) is 20.8 Å². The van der Waals surface area contributed by atoms with Crippen LogP contribution in [0, 0.1) is 0 Å². The number of likely N-dealkylation sites (tertiary alicyclic amines) is 1. The fourth-order valence-corrected chi connectivity index (χ4v) is 3.80. The maximum Gasteiger partial charge on any atom is 0.237 e. The number of halogens is 1. The Hall–Kier alpha value is -0.430. The van der Waals surface area contributed by atoms with Crippen LogP contribution in [0.4, 0.5) is 0 Å². The summed E-state index contributed by atoms with van der Waals surface area (Å²) < 4.78 is 1.11. The van der Waals surface area contributed by atoms with E-state index in [0.717, 1.165) is 29.8 Å². The molecule has 2 rings (SSSR count). The Labute approximate surface area is 126 Å². The topological polar surface area (TPSA) is 49.6 Å². The van der Waals surface area contributed by atoms with E-state index >= 15 is 0 Å². The molecule has 0 aromatic carbocycles. The van der Waals surface area contributed by atoms with Crippen LogP contribution in [0.15, 0.2) is 15.9 Å². The normalized spacial score (nSPS) is 19.8. The number of amides is 1. The van der Waals surface area contributed by atoms with Crippen LogP contribution in [-0.4, -0.2) is 47.9 Å². The SMILES string of the molecule is CCN(Cc1ccc(Br)s1)C(=O)CN1CC[C@H](N)C1. The van der Waals surface area contributed by atoms with E-state index < -0.39 is 0 Å². The number of nitrogens with two attached hydrogens (primary N) is 1. The van der Waals surface area contributed by atoms with E-state index in [9.17, 15) is 4.79 Å². The molecule has 1 saturated heterocycles. The molecule has 106 valence electrons. The summed E-state index contributed by atoms with van der Waals surface area (Å²) in [4.78, 5) is 17.6. The molecule has 0 aliphatic carbocycles. The molecular weight excluding hydrogens is 326 g/mol. The predicted molar refractivity (Wildman–Crippen MR) is 82.1 cm³/mol. The van der Waals surface area contributed by atoms with Gasteiger partial charge in [0, 0.05) is 30.6 Å². The van der Waals surface area contributed by atoms with E-state index in [1.807, 2.05) is 17.9 Å². The molecule has 6 heteroatoms. The number of thiophene rings is 1. The Morgan fingerprint density at radius 3 is 2.95 bits per heavy atom. The zero-order valence-corrected chi connectivity index (χ0v) is 13.5. The zero-order valence-electron chi connectivity index (χ0n) is 11.1. The van der Waals surface area contributed by atoms with Gasteiger partial charge < -0.3 is 10.6 Å². The van der Waals surface area contributed by atoms with Crippen molar-refractivity contribution in [2.24, 2.45) is 5.73 Å². The van der Waals surface area contributed by atoms with Crippen molar-refractivity contribution in [1.29, 1.82) is 0 Å². The van der Waals surface area contributed by atoms with E-state index in [1.165, 1.54) is 4.88 Å². The molecule has 1 aromatic rings. The zero-order chi connectivity index (χ0) is 13.8. The molecule has 1 amide bonds. The molecule has 2 heterocycles. The van der Waals surface area contributed by atoms with Gasteiger partial charge in [0.2, 0.25) is 5.91 Å². The maximum atomic E-state index is 12.3. The highest BCUT2D eigenvalue weighted by molar-refractivity contribution is 9.11. The Morgan fingerprint density at radius 2 is 2.42 bits per heavy atom. The second-order valence-electron chi connectivity index (χ2n) is 4.90. The molecule has 0 saturated carbocycles. The molecule has 0 unspecified atom stereocenters. The lowest BCUT2D eigenvalue weighted by atomic mass is 10.3. The first-order valence-corrected chi connectivity index (χ1v) is 8.19. The highest BCUT2D eigenvalue weighted by atomic mass is 79.9. The minimum Gasteiger partial charge on any atom is -0.337 e. The van der Waals surface area contributed by atoms with Crippen molar-refractivity contribution in [3.8, 4) is 0 Å². The molecule has 0 spiro atoms. The molecule has 2 N–H and O–H groups in total. The molecular formula is C13H20BrN3OS. The summed E-state index contributed by atoms with van der Waals surface area (Å²) in [5.74, 6) is 0.195. The summed E-state index contributed by atoms with van der Waals surface area (Å²) in [5, 5.41) is 0. The average molecular weight is 346 g/mol. The van der Waals surface area contributed by atoms with Crippen molar-refractivity contribution in [2.45, 2.75) is 25.9 Å². The van der Waals surface area contributed by atoms with Crippen LogP contribution < -0.4 is 5.73 Å². The van der Waals surface area contributed by atoms with Gasteiger partial charge in [0.05, 0.1) is 16.9 Å².